The summed E-state index contributed by atoms with van der Waals surface area (Å²) in [6, 6.07) is 17.7. The minimum atomic E-state index is -0.105. The smallest absolute Gasteiger partial charge is 0.260 e. The number of nitrogens with zero attached hydrogens (tertiary/aromatic N) is 2. The molecule has 1 amide bonds. The molecule has 0 bridgehead atoms. The van der Waals surface area contributed by atoms with Crippen LogP contribution in [-0.4, -0.2) is 30.5 Å². The van der Waals surface area contributed by atoms with Crippen LogP contribution in [-0.2, 0) is 11.2 Å². The molecule has 130 valence electrons. The zero-order valence-corrected chi connectivity index (χ0v) is 15.8. The number of nitriles is 1. The van der Waals surface area contributed by atoms with Crippen molar-refractivity contribution in [3.63, 3.8) is 0 Å². The van der Waals surface area contributed by atoms with E-state index >= 15 is 0 Å². The Morgan fingerprint density at radius 1 is 1.20 bits per heavy atom. The van der Waals surface area contributed by atoms with E-state index in [4.69, 9.17) is 10.00 Å². The maximum atomic E-state index is 12.5. The highest BCUT2D eigenvalue weighted by Gasteiger charge is 2.14. The number of carbonyl (C=O) groups excluding carboxylic acids is 1. The van der Waals surface area contributed by atoms with Gasteiger partial charge < -0.3 is 9.64 Å². The van der Waals surface area contributed by atoms with Gasteiger partial charge >= 0.3 is 0 Å². The number of rotatable bonds is 8. The molecule has 0 aromatic heterocycles. The Morgan fingerprint density at radius 2 is 1.96 bits per heavy atom. The molecule has 0 unspecified atom stereocenters. The fourth-order valence-electron chi connectivity index (χ4n) is 2.40. The quantitative estimate of drug-likeness (QED) is 0.669. The molecule has 0 aliphatic carbocycles. The molecule has 0 saturated heterocycles. The van der Waals surface area contributed by atoms with E-state index in [2.05, 4.69) is 22.0 Å². The second-order valence-electron chi connectivity index (χ2n) is 5.72. The molecule has 5 heteroatoms. The van der Waals surface area contributed by atoms with E-state index in [1.165, 1.54) is 5.56 Å². The van der Waals surface area contributed by atoms with Crippen LogP contribution in [0.1, 0.15) is 17.5 Å². The molecule has 0 radical (unpaired) electrons. The molecular weight excluding hydrogens is 380 g/mol. The van der Waals surface area contributed by atoms with Crippen LogP contribution in [0, 0.1) is 18.3 Å². The van der Waals surface area contributed by atoms with Gasteiger partial charge in [-0.15, -0.1) is 0 Å². The third-order valence-corrected chi connectivity index (χ3v) is 4.74. The van der Waals surface area contributed by atoms with Crippen molar-refractivity contribution in [3.05, 3.63) is 64.1 Å². The lowest BCUT2D eigenvalue weighted by Crippen LogP contribution is -2.37. The van der Waals surface area contributed by atoms with Crippen molar-refractivity contribution >= 4 is 21.8 Å². The minimum absolute atomic E-state index is 0.0265. The molecule has 0 N–H and O–H groups in total. The lowest BCUT2D eigenvalue weighted by atomic mass is 10.1. The number of halogens is 1. The molecule has 0 aliphatic heterocycles. The predicted molar refractivity (Wildman–Crippen MR) is 101 cm³/mol. The predicted octanol–water partition coefficient (Wildman–Crippen LogP) is 4.12. The summed E-state index contributed by atoms with van der Waals surface area (Å²) in [5, 5.41) is 8.82. The maximum Gasteiger partial charge on any atom is 0.260 e. The lowest BCUT2D eigenvalue weighted by molar-refractivity contribution is -0.133. The molecule has 0 fully saturated rings. The topological polar surface area (TPSA) is 53.3 Å². The average molecular weight is 401 g/mol. The van der Waals surface area contributed by atoms with Crippen LogP contribution in [0.15, 0.2) is 53.0 Å². The van der Waals surface area contributed by atoms with Gasteiger partial charge in [0.2, 0.25) is 0 Å². The van der Waals surface area contributed by atoms with Crippen molar-refractivity contribution in [2.45, 2.75) is 19.8 Å². The third-order valence-electron chi connectivity index (χ3n) is 3.85. The number of hydrogen-bond donors (Lipinski definition) is 0. The average Bonchev–Trinajstić information content (AvgIpc) is 2.63. The molecule has 25 heavy (non-hydrogen) atoms. The summed E-state index contributed by atoms with van der Waals surface area (Å²) in [6.45, 7) is 2.94. The Kier molecular flexibility index (Phi) is 7.49. The van der Waals surface area contributed by atoms with Crippen LogP contribution in [0.3, 0.4) is 0 Å². The Balaban J connectivity index is 1.92. The van der Waals surface area contributed by atoms with Gasteiger partial charge in [-0.1, -0.05) is 46.3 Å². The summed E-state index contributed by atoms with van der Waals surface area (Å²) >= 11 is 3.44. The normalized spacial score (nSPS) is 10.1. The van der Waals surface area contributed by atoms with Crippen LogP contribution >= 0.6 is 15.9 Å². The van der Waals surface area contributed by atoms with E-state index in [-0.39, 0.29) is 12.5 Å². The molecule has 2 aromatic rings. The van der Waals surface area contributed by atoms with E-state index in [9.17, 15) is 4.79 Å². The minimum Gasteiger partial charge on any atom is -0.484 e. The van der Waals surface area contributed by atoms with Gasteiger partial charge in [0.25, 0.3) is 5.91 Å². The zero-order chi connectivity index (χ0) is 18.1. The fraction of sp³-hybridized carbons (Fsp3) is 0.300. The Bertz CT molecular complexity index is 741. The van der Waals surface area contributed by atoms with Crippen LogP contribution in [0.25, 0.3) is 0 Å². The summed E-state index contributed by atoms with van der Waals surface area (Å²) < 4.78 is 6.63. The van der Waals surface area contributed by atoms with Crippen molar-refractivity contribution < 1.29 is 9.53 Å². The number of carbonyl (C=O) groups is 1. The number of amides is 1. The first-order valence-electron chi connectivity index (χ1n) is 8.17. The van der Waals surface area contributed by atoms with Gasteiger partial charge in [-0.25, -0.2) is 0 Å². The Morgan fingerprint density at radius 3 is 2.64 bits per heavy atom. The van der Waals surface area contributed by atoms with Crippen molar-refractivity contribution in [1.82, 2.24) is 4.90 Å². The maximum absolute atomic E-state index is 12.5. The summed E-state index contributed by atoms with van der Waals surface area (Å²) in [5.74, 6) is 0.559. The largest absolute Gasteiger partial charge is 0.484 e. The van der Waals surface area contributed by atoms with E-state index in [1.807, 2.05) is 55.5 Å². The second-order valence-corrected chi connectivity index (χ2v) is 6.58. The molecule has 0 spiro atoms. The second kappa shape index (κ2) is 9.85. The van der Waals surface area contributed by atoms with Crippen molar-refractivity contribution in [2.75, 3.05) is 19.7 Å². The van der Waals surface area contributed by atoms with Crippen molar-refractivity contribution in [3.8, 4) is 11.8 Å². The Hall–Kier alpha value is -2.32. The summed E-state index contributed by atoms with van der Waals surface area (Å²) in [7, 11) is 0. The lowest BCUT2D eigenvalue weighted by Gasteiger charge is -2.22. The first-order valence-corrected chi connectivity index (χ1v) is 8.97. The van der Waals surface area contributed by atoms with E-state index in [0.29, 0.717) is 25.3 Å². The molecule has 0 saturated carbocycles. The zero-order valence-electron chi connectivity index (χ0n) is 14.2. The van der Waals surface area contributed by atoms with E-state index in [1.54, 1.807) is 4.90 Å². The van der Waals surface area contributed by atoms with E-state index < -0.39 is 0 Å². The number of aryl methyl sites for hydroxylation is 1. The van der Waals surface area contributed by atoms with Crippen LogP contribution < -0.4 is 4.74 Å². The highest BCUT2D eigenvalue weighted by atomic mass is 79.9. The van der Waals surface area contributed by atoms with Crippen LogP contribution in [0.5, 0.6) is 5.75 Å². The number of hydrogen-bond acceptors (Lipinski definition) is 3. The molecule has 4 nitrogen and oxygen atoms in total. The third kappa shape index (κ3) is 6.24. The monoisotopic (exact) mass is 400 g/mol. The summed E-state index contributed by atoms with van der Waals surface area (Å²) in [4.78, 5) is 14.2. The molecule has 2 aromatic carbocycles. The van der Waals surface area contributed by atoms with Gasteiger partial charge in [-0.3, -0.25) is 4.79 Å². The highest BCUT2D eigenvalue weighted by Crippen LogP contribution is 2.21. The number of benzene rings is 2. The van der Waals surface area contributed by atoms with Gasteiger partial charge in [0.1, 0.15) is 5.75 Å². The standard InChI is InChI=1S/C20H21BrN2O2/c1-16-14-18(8-9-19(16)21)25-15-20(24)23(12-5-11-22)13-10-17-6-3-2-4-7-17/h2-4,6-9,14H,5,10,12-13,15H2,1H3. The first kappa shape index (κ1) is 19.0. The summed E-state index contributed by atoms with van der Waals surface area (Å²) in [5.41, 5.74) is 2.22. The number of ether oxygens (including phenoxy) is 1. The molecule has 0 heterocycles. The highest BCUT2D eigenvalue weighted by molar-refractivity contribution is 9.10. The molecule has 2 rings (SSSR count). The van der Waals surface area contributed by atoms with Gasteiger partial charge in [-0.05, 0) is 42.7 Å². The van der Waals surface area contributed by atoms with E-state index in [0.717, 1.165) is 16.5 Å². The van der Waals surface area contributed by atoms with Gasteiger partial charge in [0.05, 0.1) is 12.5 Å². The van der Waals surface area contributed by atoms with Crippen molar-refractivity contribution in [1.29, 1.82) is 5.26 Å². The van der Waals surface area contributed by atoms with Gasteiger partial charge in [-0.2, -0.15) is 5.26 Å². The molecule has 0 aliphatic rings. The molecular formula is C20H21BrN2O2. The SMILES string of the molecule is Cc1cc(OCC(=O)N(CCC#N)CCc2ccccc2)ccc1Br. The van der Waals surface area contributed by atoms with Gasteiger partial charge in [0, 0.05) is 17.6 Å². The fourth-order valence-corrected chi connectivity index (χ4v) is 2.64. The van der Waals surface area contributed by atoms with Crippen LogP contribution in [0.2, 0.25) is 0 Å². The van der Waals surface area contributed by atoms with Crippen LogP contribution in [0.4, 0.5) is 0 Å². The van der Waals surface area contributed by atoms with Gasteiger partial charge in [0.15, 0.2) is 6.61 Å². The molecule has 0 atom stereocenters. The Labute approximate surface area is 157 Å². The summed E-state index contributed by atoms with van der Waals surface area (Å²) in [6.07, 6.45) is 1.08. The first-order chi connectivity index (χ1) is 12.1. The van der Waals surface area contributed by atoms with Crippen molar-refractivity contribution in [2.24, 2.45) is 0 Å².